The SMILES string of the molecule is Cc1ccc(N2CC[C@H](CNC(=O)C3CCN(C4CCOCC4)CC3)C2)cc1. The Hall–Kier alpha value is -1.59. The fraction of sp³-hybridized carbons (Fsp3) is 0.696. The fourth-order valence-corrected chi connectivity index (χ4v) is 4.96. The van der Waals surface area contributed by atoms with Crippen LogP contribution >= 0.6 is 0 Å². The lowest BCUT2D eigenvalue weighted by molar-refractivity contribution is -0.127. The average Bonchev–Trinajstić information content (AvgIpc) is 3.22. The van der Waals surface area contributed by atoms with E-state index in [1.54, 1.807) is 0 Å². The lowest BCUT2D eigenvalue weighted by atomic mass is 9.93. The van der Waals surface area contributed by atoms with Crippen molar-refractivity contribution >= 4 is 11.6 Å². The lowest BCUT2D eigenvalue weighted by Crippen LogP contribution is -2.47. The third-order valence-electron chi connectivity index (χ3n) is 6.86. The van der Waals surface area contributed by atoms with Gasteiger partial charge in [-0.15, -0.1) is 0 Å². The van der Waals surface area contributed by atoms with Gasteiger partial charge in [0.2, 0.25) is 5.91 Å². The zero-order chi connectivity index (χ0) is 19.3. The monoisotopic (exact) mass is 385 g/mol. The topological polar surface area (TPSA) is 44.8 Å². The average molecular weight is 386 g/mol. The minimum absolute atomic E-state index is 0.200. The van der Waals surface area contributed by atoms with Crippen LogP contribution in [0.15, 0.2) is 24.3 Å². The number of carbonyl (C=O) groups excluding carboxylic acids is 1. The first-order chi connectivity index (χ1) is 13.7. The molecule has 0 unspecified atom stereocenters. The molecule has 28 heavy (non-hydrogen) atoms. The summed E-state index contributed by atoms with van der Waals surface area (Å²) in [5, 5.41) is 3.27. The maximum absolute atomic E-state index is 12.7. The van der Waals surface area contributed by atoms with Crippen molar-refractivity contribution in [1.82, 2.24) is 10.2 Å². The highest BCUT2D eigenvalue weighted by molar-refractivity contribution is 5.78. The van der Waals surface area contributed by atoms with Gasteiger partial charge in [0, 0.05) is 50.5 Å². The van der Waals surface area contributed by atoms with Gasteiger partial charge in [0.25, 0.3) is 0 Å². The Labute approximate surface area is 169 Å². The summed E-state index contributed by atoms with van der Waals surface area (Å²) in [5.41, 5.74) is 2.61. The molecule has 0 aliphatic carbocycles. The molecule has 3 aliphatic rings. The molecule has 3 saturated heterocycles. The molecule has 5 heteroatoms. The van der Waals surface area contributed by atoms with Crippen LogP contribution in [-0.4, -0.2) is 62.8 Å². The molecule has 4 rings (SSSR count). The number of ether oxygens (including phenoxy) is 1. The van der Waals surface area contributed by atoms with Crippen molar-refractivity contribution in [2.75, 3.05) is 50.8 Å². The first-order valence-electron chi connectivity index (χ1n) is 11.1. The van der Waals surface area contributed by atoms with Crippen LogP contribution in [0.3, 0.4) is 0 Å². The predicted octanol–water partition coefficient (Wildman–Crippen LogP) is 2.83. The third kappa shape index (κ3) is 4.87. The number of nitrogens with zero attached hydrogens (tertiary/aromatic N) is 2. The van der Waals surface area contributed by atoms with Gasteiger partial charge in [-0.3, -0.25) is 4.79 Å². The predicted molar refractivity (Wildman–Crippen MR) is 113 cm³/mol. The normalized spacial score (nSPS) is 25.2. The third-order valence-corrected chi connectivity index (χ3v) is 6.86. The Morgan fingerprint density at radius 3 is 2.46 bits per heavy atom. The number of nitrogens with one attached hydrogen (secondary N) is 1. The molecule has 154 valence electrons. The van der Waals surface area contributed by atoms with Crippen LogP contribution in [0.5, 0.6) is 0 Å². The Morgan fingerprint density at radius 2 is 1.75 bits per heavy atom. The van der Waals surface area contributed by atoms with Crippen molar-refractivity contribution in [3.8, 4) is 0 Å². The van der Waals surface area contributed by atoms with E-state index in [0.717, 1.165) is 78.0 Å². The first kappa shape index (κ1) is 19.7. The van der Waals surface area contributed by atoms with Crippen LogP contribution in [0.1, 0.15) is 37.7 Å². The molecular weight excluding hydrogens is 350 g/mol. The molecule has 0 bridgehead atoms. The molecule has 3 fully saturated rings. The van der Waals surface area contributed by atoms with E-state index >= 15 is 0 Å². The summed E-state index contributed by atoms with van der Waals surface area (Å²) in [6, 6.07) is 9.45. The number of hydrogen-bond acceptors (Lipinski definition) is 4. The van der Waals surface area contributed by atoms with Gasteiger partial charge in [-0.2, -0.15) is 0 Å². The number of carbonyl (C=O) groups is 1. The molecular formula is C23H35N3O2. The smallest absolute Gasteiger partial charge is 0.223 e. The van der Waals surface area contributed by atoms with Crippen LogP contribution in [0.4, 0.5) is 5.69 Å². The lowest BCUT2D eigenvalue weighted by Gasteiger charge is -2.38. The number of hydrogen-bond donors (Lipinski definition) is 1. The van der Waals surface area contributed by atoms with Gasteiger partial charge in [0.15, 0.2) is 0 Å². The van der Waals surface area contributed by atoms with E-state index in [-0.39, 0.29) is 11.8 Å². The summed E-state index contributed by atoms with van der Waals surface area (Å²) < 4.78 is 5.48. The summed E-state index contributed by atoms with van der Waals surface area (Å²) in [4.78, 5) is 17.7. The van der Waals surface area contributed by atoms with Crippen LogP contribution in [0, 0.1) is 18.8 Å². The molecule has 3 aliphatic heterocycles. The van der Waals surface area contributed by atoms with E-state index in [2.05, 4.69) is 46.3 Å². The van der Waals surface area contributed by atoms with Gasteiger partial charge in [0.05, 0.1) is 0 Å². The molecule has 0 aromatic heterocycles. The molecule has 1 atom stereocenters. The number of aryl methyl sites for hydroxylation is 1. The number of anilines is 1. The van der Waals surface area contributed by atoms with E-state index in [1.165, 1.54) is 11.3 Å². The minimum atomic E-state index is 0.200. The maximum atomic E-state index is 12.7. The molecule has 5 nitrogen and oxygen atoms in total. The summed E-state index contributed by atoms with van der Waals surface area (Å²) in [5.74, 6) is 1.04. The van der Waals surface area contributed by atoms with Crippen molar-refractivity contribution in [2.24, 2.45) is 11.8 Å². The zero-order valence-corrected chi connectivity index (χ0v) is 17.2. The number of rotatable bonds is 5. The highest BCUT2D eigenvalue weighted by Crippen LogP contribution is 2.25. The van der Waals surface area contributed by atoms with E-state index in [4.69, 9.17) is 4.74 Å². The van der Waals surface area contributed by atoms with Crippen molar-refractivity contribution in [2.45, 2.75) is 45.1 Å². The Morgan fingerprint density at radius 1 is 1.04 bits per heavy atom. The second-order valence-electron chi connectivity index (χ2n) is 8.84. The summed E-state index contributed by atoms with van der Waals surface area (Å²) in [6.45, 7) is 9.00. The molecule has 0 radical (unpaired) electrons. The number of benzene rings is 1. The van der Waals surface area contributed by atoms with E-state index in [9.17, 15) is 4.79 Å². The number of piperidine rings is 1. The Bertz CT molecular complexity index is 634. The van der Waals surface area contributed by atoms with Gasteiger partial charge in [0.1, 0.15) is 0 Å². The maximum Gasteiger partial charge on any atom is 0.223 e. The second-order valence-corrected chi connectivity index (χ2v) is 8.84. The zero-order valence-electron chi connectivity index (χ0n) is 17.2. The fourth-order valence-electron chi connectivity index (χ4n) is 4.96. The van der Waals surface area contributed by atoms with Gasteiger partial charge >= 0.3 is 0 Å². The molecule has 3 heterocycles. The second kappa shape index (κ2) is 9.27. The highest BCUT2D eigenvalue weighted by Gasteiger charge is 2.30. The Kier molecular flexibility index (Phi) is 6.53. The van der Waals surface area contributed by atoms with Gasteiger partial charge in [-0.1, -0.05) is 17.7 Å². The van der Waals surface area contributed by atoms with Crippen molar-refractivity contribution in [3.05, 3.63) is 29.8 Å². The summed E-state index contributed by atoms with van der Waals surface area (Å²) in [7, 11) is 0. The van der Waals surface area contributed by atoms with Crippen molar-refractivity contribution in [3.63, 3.8) is 0 Å². The largest absolute Gasteiger partial charge is 0.381 e. The van der Waals surface area contributed by atoms with E-state index in [0.29, 0.717) is 12.0 Å². The quantitative estimate of drug-likeness (QED) is 0.847. The van der Waals surface area contributed by atoms with Crippen LogP contribution in [-0.2, 0) is 9.53 Å². The van der Waals surface area contributed by atoms with Gasteiger partial charge in [-0.25, -0.2) is 0 Å². The summed E-state index contributed by atoms with van der Waals surface area (Å²) >= 11 is 0. The van der Waals surface area contributed by atoms with Crippen LogP contribution in [0.2, 0.25) is 0 Å². The highest BCUT2D eigenvalue weighted by atomic mass is 16.5. The van der Waals surface area contributed by atoms with Crippen LogP contribution < -0.4 is 10.2 Å². The van der Waals surface area contributed by atoms with Gasteiger partial charge < -0.3 is 19.9 Å². The number of amides is 1. The van der Waals surface area contributed by atoms with Crippen molar-refractivity contribution < 1.29 is 9.53 Å². The Balaban J connectivity index is 1.17. The minimum Gasteiger partial charge on any atom is -0.381 e. The number of likely N-dealkylation sites (tertiary alicyclic amines) is 1. The molecule has 1 amide bonds. The molecule has 0 spiro atoms. The van der Waals surface area contributed by atoms with Gasteiger partial charge in [-0.05, 0) is 70.2 Å². The van der Waals surface area contributed by atoms with Crippen molar-refractivity contribution in [1.29, 1.82) is 0 Å². The van der Waals surface area contributed by atoms with Crippen LogP contribution in [0.25, 0.3) is 0 Å². The standard InChI is InChI=1S/C23H35N3O2/c1-18-2-4-21(5-3-18)26-11-6-19(17-26)16-24-23(27)20-7-12-25(13-8-20)22-9-14-28-15-10-22/h2-5,19-20,22H,6-17H2,1H3,(H,24,27)/t19-/m1/s1. The molecule has 1 aromatic rings. The molecule has 1 N–H and O–H groups in total. The van der Waals surface area contributed by atoms with E-state index < -0.39 is 0 Å². The first-order valence-corrected chi connectivity index (χ1v) is 11.1. The summed E-state index contributed by atoms with van der Waals surface area (Å²) in [6.07, 6.45) is 5.47. The molecule has 0 saturated carbocycles. The molecule has 1 aromatic carbocycles. The van der Waals surface area contributed by atoms with E-state index in [1.807, 2.05) is 0 Å².